The van der Waals surface area contributed by atoms with Crippen LogP contribution in [0.3, 0.4) is 0 Å². The molecular weight excluding hydrogens is 821 g/mol. The maximum atomic E-state index is 12.5. The Morgan fingerprint density at radius 3 is 2.49 bits per heavy atom. The number of ether oxygens (including phenoxy) is 1. The molecule has 2 unspecified atom stereocenters. The number of phosphoric acid groups is 3. The summed E-state index contributed by atoms with van der Waals surface area (Å²) in [7, 11) is -17.6. The first kappa shape index (κ1) is 44.6. The molecule has 0 aromatic carbocycles. The van der Waals surface area contributed by atoms with Crippen molar-refractivity contribution >= 4 is 69.1 Å². The predicted octanol–water partition coefficient (Wildman–Crippen LogP) is -3.22. The Balaban J connectivity index is 1.24. The molecule has 3 aromatic rings. The average Bonchev–Trinajstić information content (AvgIpc) is 3.84. The Hall–Kier alpha value is -3.16. The Bertz CT molecular complexity index is 1960. The van der Waals surface area contributed by atoms with Crippen LogP contribution < -0.4 is 35.9 Å². The van der Waals surface area contributed by atoms with Gasteiger partial charge in [-0.05, 0) is 12.1 Å². The van der Waals surface area contributed by atoms with Gasteiger partial charge in [0.1, 0.15) is 36.3 Å². The van der Waals surface area contributed by atoms with Crippen LogP contribution in [0.15, 0.2) is 31.0 Å². The Kier molecular flexibility index (Phi) is 14.9. The van der Waals surface area contributed by atoms with Crippen LogP contribution in [0.1, 0.15) is 37.0 Å². The first-order valence-corrected chi connectivity index (χ1v) is 21.1. The summed E-state index contributed by atoms with van der Waals surface area (Å²) in [6, 6.07) is 3.27. The number of phosphoric ester groups is 3. The highest BCUT2D eigenvalue weighted by Gasteiger charge is 2.47. The zero-order chi connectivity index (χ0) is 40.8. The van der Waals surface area contributed by atoms with E-state index in [4.69, 9.17) is 10.5 Å². The lowest BCUT2D eigenvalue weighted by Gasteiger charge is -2.36. The summed E-state index contributed by atoms with van der Waals surface area (Å²) < 4.78 is 60.4. The molecule has 306 valence electrons. The summed E-state index contributed by atoms with van der Waals surface area (Å²) in [4.78, 5) is 98.6. The van der Waals surface area contributed by atoms with E-state index in [9.17, 15) is 57.9 Å². The number of imidazole rings is 1. The number of nitrogens with one attached hydrogen (secondary N) is 3. The highest BCUT2D eigenvalue weighted by atomic mass is 32.2. The third kappa shape index (κ3) is 12.7. The number of thioether (sulfide) groups is 1. The Morgan fingerprint density at radius 1 is 1.11 bits per heavy atom. The van der Waals surface area contributed by atoms with Crippen molar-refractivity contribution in [2.45, 2.75) is 50.9 Å². The van der Waals surface area contributed by atoms with Crippen molar-refractivity contribution in [3.8, 4) is 0 Å². The van der Waals surface area contributed by atoms with Crippen LogP contribution in [0, 0.1) is 5.41 Å². The number of H-pyrrole nitrogens is 1. The molecule has 7 N–H and O–H groups in total. The van der Waals surface area contributed by atoms with Crippen molar-refractivity contribution in [2.24, 2.45) is 5.41 Å². The molecule has 0 bridgehead atoms. The number of aromatic amines is 1. The molecule has 0 saturated carbocycles. The van der Waals surface area contributed by atoms with Crippen LogP contribution in [0.5, 0.6) is 0 Å². The minimum atomic E-state index is -5.91. The molecule has 25 nitrogen and oxygen atoms in total. The number of aliphatic hydroxyl groups excluding tert-OH is 2. The van der Waals surface area contributed by atoms with Crippen LogP contribution in [0.25, 0.3) is 11.2 Å². The number of nitrogens with zero attached hydrogens (tertiary/aromatic N) is 4. The van der Waals surface area contributed by atoms with Gasteiger partial charge in [-0.1, -0.05) is 25.6 Å². The summed E-state index contributed by atoms with van der Waals surface area (Å²) in [5.74, 6) is -1.29. The van der Waals surface area contributed by atoms with Crippen molar-refractivity contribution in [3.63, 3.8) is 0 Å². The quantitative estimate of drug-likeness (QED) is 0.0481. The molecule has 4 heterocycles. The third-order valence-corrected chi connectivity index (χ3v) is 11.4. The monoisotopic (exact) mass is 856 g/mol. The topological polar surface area (TPSA) is 391 Å². The van der Waals surface area contributed by atoms with E-state index in [0.29, 0.717) is 5.69 Å². The molecule has 0 spiro atoms. The molecule has 1 aliphatic rings. The van der Waals surface area contributed by atoms with Gasteiger partial charge < -0.3 is 74.0 Å². The number of rotatable bonds is 20. The molecule has 0 radical (unpaired) electrons. The van der Waals surface area contributed by atoms with Crippen LogP contribution in [0.4, 0.5) is 5.82 Å². The van der Waals surface area contributed by atoms with E-state index < -0.39 is 84.6 Å². The molecule has 4 rings (SSSR count). The molecular formula is C26H35N8O17P3S-4. The highest BCUT2D eigenvalue weighted by Crippen LogP contribution is 2.56. The third-order valence-electron chi connectivity index (χ3n) is 7.53. The molecule has 29 heteroatoms. The van der Waals surface area contributed by atoms with Crippen molar-refractivity contribution in [2.75, 3.05) is 37.8 Å². The minimum absolute atomic E-state index is 0.0230. The summed E-state index contributed by atoms with van der Waals surface area (Å²) in [5, 5.41) is 25.9. The Labute approximate surface area is 315 Å². The molecule has 1 aliphatic heterocycles. The van der Waals surface area contributed by atoms with E-state index in [2.05, 4.69) is 48.5 Å². The fraction of sp³-hybridized carbons (Fsp3) is 0.538. The van der Waals surface area contributed by atoms with E-state index in [1.54, 1.807) is 18.3 Å². The number of hydrogen-bond donors (Lipinski definition) is 6. The van der Waals surface area contributed by atoms with Crippen LogP contribution >= 0.6 is 35.2 Å². The van der Waals surface area contributed by atoms with Crippen LogP contribution in [-0.4, -0.2) is 108 Å². The fourth-order valence-corrected chi connectivity index (χ4v) is 8.19. The summed E-state index contributed by atoms with van der Waals surface area (Å²) in [6.07, 6.45) is -6.01. The minimum Gasteiger partial charge on any atom is -0.790 e. The molecule has 55 heavy (non-hydrogen) atoms. The van der Waals surface area contributed by atoms with E-state index in [-0.39, 0.29) is 47.4 Å². The number of aromatic nitrogens is 5. The first-order chi connectivity index (χ1) is 25.6. The zero-order valence-corrected chi connectivity index (χ0v) is 32.2. The van der Waals surface area contributed by atoms with Gasteiger partial charge in [0.25, 0.3) is 15.6 Å². The average molecular weight is 857 g/mol. The second kappa shape index (κ2) is 18.4. The largest absolute Gasteiger partial charge is 0.790 e. The van der Waals surface area contributed by atoms with Crippen LogP contribution in [-0.2, 0) is 45.9 Å². The summed E-state index contributed by atoms with van der Waals surface area (Å²) in [5.41, 5.74) is 4.47. The lowest BCUT2D eigenvalue weighted by Crippen LogP contribution is -2.46. The number of aliphatic hydroxyl groups is 2. The number of hydrogen-bond acceptors (Lipinski definition) is 22. The van der Waals surface area contributed by atoms with Gasteiger partial charge in [0, 0.05) is 36.9 Å². The van der Waals surface area contributed by atoms with Crippen molar-refractivity contribution in [3.05, 3.63) is 36.7 Å². The fourth-order valence-electron chi connectivity index (χ4n) is 4.79. The number of amides is 2. The summed E-state index contributed by atoms with van der Waals surface area (Å²) >= 11 is 0.985. The maximum absolute atomic E-state index is 12.5. The van der Waals surface area contributed by atoms with E-state index >= 15 is 0 Å². The lowest BCUT2D eigenvalue weighted by atomic mass is 9.87. The molecule has 2 amide bonds. The van der Waals surface area contributed by atoms with Crippen LogP contribution in [0.2, 0.25) is 0 Å². The molecule has 1 saturated heterocycles. The number of carbonyl (C=O) groups is 3. The van der Waals surface area contributed by atoms with E-state index in [1.807, 2.05) is 0 Å². The number of carbonyl (C=O) groups excluding carboxylic acids is 3. The smallest absolute Gasteiger partial charge is 0.274 e. The van der Waals surface area contributed by atoms with E-state index in [1.165, 1.54) is 13.8 Å². The molecule has 7 atom stereocenters. The van der Waals surface area contributed by atoms with Crippen molar-refractivity contribution in [1.82, 2.24) is 35.1 Å². The van der Waals surface area contributed by atoms with Gasteiger partial charge in [-0.2, -0.15) is 0 Å². The summed E-state index contributed by atoms with van der Waals surface area (Å²) in [6.45, 7) is 0.0360. The normalized spacial score (nSPS) is 21.8. The number of fused-ring (bicyclic) bond motifs is 1. The standard InChI is InChI=1S/C26H39N8O17P3S/c1-26(2,20(37)23(38)30-7-5-16(35)29-8-9-55-25(39)14-4-3-6-28-14)11-48-54(45,46)51-53(43,44)47-10-15-19(50-52(40,41)42)18(36)24(49-15)34-13-33-17-21(27)31-12-32-22(17)34/h3-4,6,12-13,15,18-20,24,28,36-37H,5,7-11H2,1-2H3,(H,29,35)(H,30,38)(H,43,44)(H,45,46)(H2,27,31,32)(H2,40,41,42)/p-4/t15-,18-,19-,20+,24-/m1/s1. The number of nitrogens with two attached hydrogens (primary N) is 1. The number of nitrogen functional groups attached to an aromatic ring is 1. The molecule has 0 aliphatic carbocycles. The van der Waals surface area contributed by atoms with Gasteiger partial charge in [0.15, 0.2) is 17.7 Å². The van der Waals surface area contributed by atoms with Gasteiger partial charge >= 0.3 is 0 Å². The SMILES string of the molecule is CC(C)(COP(=O)([O-])OP(=O)([O-])OC[C@H]1O[C@@H](n2cnc3c(N)ncnc32)[C@H](O)[C@@H]1OP(=O)([O-])[O-])[C@@H](O)C(=O)NCCC(=O)NCCSC(=O)c1ccc[nH]1. The van der Waals surface area contributed by atoms with Crippen molar-refractivity contribution < 1.29 is 80.5 Å². The highest BCUT2D eigenvalue weighted by molar-refractivity contribution is 8.14. The molecule has 3 aromatic heterocycles. The lowest BCUT2D eigenvalue weighted by molar-refractivity contribution is -0.347. The van der Waals surface area contributed by atoms with Gasteiger partial charge in [-0.25, -0.2) is 19.3 Å². The second-order valence-electron chi connectivity index (χ2n) is 12.2. The van der Waals surface area contributed by atoms with Crippen molar-refractivity contribution in [1.29, 1.82) is 0 Å². The van der Waals surface area contributed by atoms with Gasteiger partial charge in [0.05, 0.1) is 33.1 Å². The van der Waals surface area contributed by atoms with Gasteiger partial charge in [-0.15, -0.1) is 0 Å². The first-order valence-electron chi connectivity index (χ1n) is 15.7. The van der Waals surface area contributed by atoms with E-state index in [0.717, 1.165) is 29.0 Å². The molecule has 1 fully saturated rings. The van der Waals surface area contributed by atoms with Gasteiger partial charge in [0.2, 0.25) is 16.9 Å². The second-order valence-corrected chi connectivity index (χ2v) is 17.3. The maximum Gasteiger partial charge on any atom is 0.274 e. The predicted molar refractivity (Wildman–Crippen MR) is 178 cm³/mol. The zero-order valence-electron chi connectivity index (χ0n) is 28.7. The van der Waals surface area contributed by atoms with Gasteiger partial charge in [-0.3, -0.25) is 28.1 Å². The number of anilines is 1. The Morgan fingerprint density at radius 2 is 1.82 bits per heavy atom.